The summed E-state index contributed by atoms with van der Waals surface area (Å²) in [4.78, 5) is 151. The monoisotopic (exact) mass is 1420 g/mol. The van der Waals surface area contributed by atoms with E-state index in [1.807, 2.05) is 59.7 Å². The smallest absolute Gasteiger partial charge is 0.407 e. The number of nitrogens with one attached hydrogen (secondary N) is 6. The lowest BCUT2D eigenvalue weighted by Gasteiger charge is -2.41. The van der Waals surface area contributed by atoms with Crippen LogP contribution in [0.4, 0.5) is 15.3 Å². The summed E-state index contributed by atoms with van der Waals surface area (Å²) < 4.78 is 28.7. The number of likely N-dealkylation sites (tertiary alicyclic amines) is 1. The van der Waals surface area contributed by atoms with Crippen LogP contribution in [0.2, 0.25) is 0 Å². The standard InChI is InChI=1S/C73H119N11O17/c1-15-48(8)66(59(97-13)42-62(89)84-36-23-27-56(84)68(98-14)49(9)69(92)78-50(10)67(91)52-24-18-16-19-25-52)83(12)71(94)55(45(2)3)41-58(86)65(47(6)7)82(11)63(90)44-100-39-38-99-37-35-77-73(96)101-43-51-30-32-54(33-31-51)79-70(93)53(26-22-34-76-72(74)95)40-57(85)64(46(4)5)80-60(87)28-20-17-21-29-61(88)81-75/h16,18-19,24-25,30-33,45-50,53,55-56,59,64-68,91H,15,17,20-23,26-29,34-44,75H2,1-14H3,(H,77,96)(H,78,92)(H,79,93)(H,80,87)(H,81,88)(H3,74,76,95)/t48-,49+,50+,53+,55-,56-,59+,64?,65?,66-,67+,68+/m0/s1. The molecular weight excluding hydrogens is 1300 g/mol. The zero-order chi connectivity index (χ0) is 75.5. The van der Waals surface area contributed by atoms with E-state index in [2.05, 4.69) is 32.0 Å². The molecule has 0 aliphatic carbocycles. The molecule has 2 aromatic carbocycles. The van der Waals surface area contributed by atoms with Gasteiger partial charge in [0.2, 0.25) is 41.4 Å². The minimum Gasteiger partial charge on any atom is -0.445 e. The van der Waals surface area contributed by atoms with E-state index in [0.717, 1.165) is 0 Å². The summed E-state index contributed by atoms with van der Waals surface area (Å²) in [6, 6.07) is 11.6. The fourth-order valence-corrected chi connectivity index (χ4v) is 12.9. The lowest BCUT2D eigenvalue weighted by atomic mass is 9.83. The number of alkyl carbamates (subject to hydrolysis) is 1. The molecule has 11 N–H and O–H groups in total. The van der Waals surface area contributed by atoms with Crippen molar-refractivity contribution >= 4 is 70.7 Å². The Balaban J connectivity index is 1.49. The zero-order valence-corrected chi connectivity index (χ0v) is 62.2. The van der Waals surface area contributed by atoms with Crippen LogP contribution in [-0.4, -0.2) is 202 Å². The molecule has 1 aliphatic heterocycles. The highest BCUT2D eigenvalue weighted by Crippen LogP contribution is 2.32. The number of primary amides is 1. The van der Waals surface area contributed by atoms with Gasteiger partial charge in [-0.15, -0.1) is 0 Å². The van der Waals surface area contributed by atoms with Crippen molar-refractivity contribution in [3.05, 3.63) is 65.7 Å². The third-order valence-corrected chi connectivity index (χ3v) is 18.9. The number of nitrogens with two attached hydrogens (primary N) is 2. The zero-order valence-electron chi connectivity index (χ0n) is 62.2. The number of anilines is 1. The van der Waals surface area contributed by atoms with Crippen LogP contribution in [0, 0.1) is 41.4 Å². The van der Waals surface area contributed by atoms with Crippen LogP contribution >= 0.6 is 0 Å². The molecule has 28 heteroatoms. The van der Waals surface area contributed by atoms with Crippen LogP contribution < -0.4 is 43.6 Å². The van der Waals surface area contributed by atoms with E-state index in [0.29, 0.717) is 68.3 Å². The van der Waals surface area contributed by atoms with Crippen molar-refractivity contribution in [3.63, 3.8) is 0 Å². The van der Waals surface area contributed by atoms with Gasteiger partial charge in [-0.1, -0.05) is 118 Å². The van der Waals surface area contributed by atoms with Crippen LogP contribution in [-0.2, 0) is 73.4 Å². The van der Waals surface area contributed by atoms with Gasteiger partial charge in [0, 0.05) is 91.2 Å². The van der Waals surface area contributed by atoms with E-state index >= 15 is 0 Å². The SMILES string of the molecule is CC[C@H](C)[C@@H]([C@@H](CC(=O)N1CCC[C@H]1[C@H](OC)[C@@H](C)C(=O)N[C@H](C)[C@@H](O)c1ccccc1)OC)N(C)C(=O)[C@@H](CC(=O)C(C(C)C)N(C)C(=O)COCCOCCNC(=O)OCc1ccc(NC(=O)[C@H](CCCNC(N)=O)CC(=O)C(NC(=O)CCCCCC(=O)NN)C(C)C)cc1)C(C)C. The molecule has 3 rings (SSSR count). The molecule has 1 aliphatic rings. The van der Waals surface area contributed by atoms with Crippen LogP contribution in [0.1, 0.15) is 170 Å². The van der Waals surface area contributed by atoms with Crippen LogP contribution in [0.25, 0.3) is 0 Å². The summed E-state index contributed by atoms with van der Waals surface area (Å²) in [5.74, 6) is -1.08. The Morgan fingerprint density at radius 1 is 0.693 bits per heavy atom. The number of rotatable bonds is 48. The van der Waals surface area contributed by atoms with E-state index in [9.17, 15) is 57.8 Å². The quantitative estimate of drug-likeness (QED) is 0.0162. The summed E-state index contributed by atoms with van der Waals surface area (Å²) in [7, 11) is 6.27. The predicted molar refractivity (Wildman–Crippen MR) is 381 cm³/mol. The fourth-order valence-electron chi connectivity index (χ4n) is 12.9. The molecule has 10 amide bonds. The van der Waals surface area contributed by atoms with Crippen molar-refractivity contribution in [2.24, 2.45) is 53.0 Å². The highest BCUT2D eigenvalue weighted by Gasteiger charge is 2.44. The number of likely N-dealkylation sites (N-methyl/N-ethyl adjacent to an activating group) is 2. The minimum atomic E-state index is -0.930. The van der Waals surface area contributed by atoms with E-state index < -0.39 is 90.2 Å². The van der Waals surface area contributed by atoms with Gasteiger partial charge in [-0.2, -0.15) is 0 Å². The molecule has 2 aromatic rings. The summed E-state index contributed by atoms with van der Waals surface area (Å²) in [5.41, 5.74) is 8.99. The van der Waals surface area contributed by atoms with Crippen molar-refractivity contribution in [3.8, 4) is 0 Å². The van der Waals surface area contributed by atoms with Gasteiger partial charge in [0.25, 0.3) is 0 Å². The number of hydrogen-bond donors (Lipinski definition) is 9. The van der Waals surface area contributed by atoms with Gasteiger partial charge >= 0.3 is 12.1 Å². The van der Waals surface area contributed by atoms with Gasteiger partial charge in [-0.05, 0) is 92.4 Å². The average molecular weight is 1420 g/mol. The normalized spacial score (nSPS) is 16.3. The van der Waals surface area contributed by atoms with Gasteiger partial charge in [0.1, 0.15) is 13.2 Å². The summed E-state index contributed by atoms with van der Waals surface area (Å²) in [5, 5.41) is 24.6. The Kier molecular flexibility index (Phi) is 40.0. The van der Waals surface area contributed by atoms with Crippen molar-refractivity contribution in [1.29, 1.82) is 0 Å². The first-order valence-electron chi connectivity index (χ1n) is 35.7. The molecule has 0 spiro atoms. The van der Waals surface area contributed by atoms with Crippen LogP contribution in [0.3, 0.4) is 0 Å². The van der Waals surface area contributed by atoms with Crippen molar-refractivity contribution in [1.82, 2.24) is 41.4 Å². The van der Waals surface area contributed by atoms with E-state index in [4.69, 9.17) is 35.3 Å². The second kappa shape index (κ2) is 46.1. The highest BCUT2D eigenvalue weighted by molar-refractivity contribution is 5.97. The topological polar surface area (TPSA) is 388 Å². The van der Waals surface area contributed by atoms with E-state index in [-0.39, 0.29) is 149 Å². The molecule has 0 radical (unpaired) electrons. The Morgan fingerprint density at radius 3 is 1.94 bits per heavy atom. The number of Topliss-reactive ketones (excluding diaryl/α,β-unsaturated/α-hetero) is 2. The maximum absolute atomic E-state index is 14.8. The fraction of sp³-hybridized carbons (Fsp3) is 0.685. The maximum atomic E-state index is 14.8. The summed E-state index contributed by atoms with van der Waals surface area (Å²) in [6.07, 6.45) is 1.19. The molecule has 1 saturated heterocycles. The number of benzene rings is 2. The summed E-state index contributed by atoms with van der Waals surface area (Å²) in [6.45, 7) is 19.0. The lowest BCUT2D eigenvalue weighted by Crippen LogP contribution is -2.55. The molecule has 28 nitrogen and oxygen atoms in total. The number of ketones is 2. The molecule has 568 valence electrons. The molecule has 0 bridgehead atoms. The number of hydrazine groups is 1. The molecule has 1 fully saturated rings. The second-order valence-corrected chi connectivity index (χ2v) is 27.5. The van der Waals surface area contributed by atoms with E-state index in [1.165, 1.54) is 26.2 Å². The Bertz CT molecular complexity index is 2920. The molecular formula is C73H119N11O17. The molecule has 0 aromatic heterocycles. The number of unbranched alkanes of at least 4 members (excludes halogenated alkanes) is 2. The van der Waals surface area contributed by atoms with Gasteiger partial charge in [0.15, 0.2) is 11.6 Å². The Morgan fingerprint density at radius 2 is 1.35 bits per heavy atom. The number of carbonyl (C=O) groups excluding carboxylic acids is 11. The lowest BCUT2D eigenvalue weighted by molar-refractivity contribution is -0.150. The van der Waals surface area contributed by atoms with Crippen LogP contribution in [0.5, 0.6) is 0 Å². The number of nitrogens with zero attached hydrogens (tertiary/aromatic N) is 3. The molecule has 2 unspecified atom stereocenters. The molecule has 101 heavy (non-hydrogen) atoms. The van der Waals surface area contributed by atoms with Crippen LogP contribution in [0.15, 0.2) is 54.6 Å². The number of methoxy groups -OCH3 is 2. The van der Waals surface area contributed by atoms with E-state index in [1.54, 1.807) is 80.9 Å². The first-order chi connectivity index (χ1) is 47.9. The largest absolute Gasteiger partial charge is 0.445 e. The van der Waals surface area contributed by atoms with Gasteiger partial charge in [-0.25, -0.2) is 15.4 Å². The van der Waals surface area contributed by atoms with Crippen molar-refractivity contribution in [2.45, 2.75) is 208 Å². The Labute approximate surface area is 597 Å². The van der Waals surface area contributed by atoms with Crippen molar-refractivity contribution < 1.29 is 81.5 Å². The number of aliphatic hydroxyl groups is 1. The number of carbonyl (C=O) groups is 11. The first-order valence-corrected chi connectivity index (χ1v) is 35.7. The average Bonchev–Trinajstić information content (AvgIpc) is 1.80. The number of aliphatic hydroxyl groups excluding tert-OH is 1. The predicted octanol–water partition coefficient (Wildman–Crippen LogP) is 5.86. The number of hydrogen-bond acceptors (Lipinski definition) is 18. The third-order valence-electron chi connectivity index (χ3n) is 18.9. The van der Waals surface area contributed by atoms with Gasteiger partial charge in [0.05, 0.1) is 80.7 Å². The minimum absolute atomic E-state index is 0.0300. The number of ether oxygens (including phenoxy) is 5. The van der Waals surface area contributed by atoms with Crippen molar-refractivity contribution in [2.75, 3.05) is 79.7 Å². The first kappa shape index (κ1) is 87.6. The molecule has 12 atom stereocenters. The molecule has 0 saturated carbocycles. The van der Waals surface area contributed by atoms with Gasteiger partial charge in [-0.3, -0.25) is 48.6 Å². The number of urea groups is 1. The second-order valence-electron chi connectivity index (χ2n) is 27.5. The molecule has 1 heterocycles. The third kappa shape index (κ3) is 29.7. The summed E-state index contributed by atoms with van der Waals surface area (Å²) >= 11 is 0. The maximum Gasteiger partial charge on any atom is 0.407 e. The van der Waals surface area contributed by atoms with Gasteiger partial charge < -0.3 is 75.8 Å². The highest BCUT2D eigenvalue weighted by atomic mass is 16.6. The number of amides is 10. The Hall–Kier alpha value is -7.63.